The fraction of sp³-hybridized carbons (Fsp3) is 0.316. The molecule has 0 atom stereocenters. The molecule has 0 spiro atoms. The Balaban J connectivity index is 1.65. The molecule has 2 N–H and O–H groups in total. The molecule has 5 nitrogen and oxygen atoms in total. The van der Waals surface area contributed by atoms with Crippen molar-refractivity contribution in [1.82, 2.24) is 4.90 Å². The highest BCUT2D eigenvalue weighted by Crippen LogP contribution is 2.26. The van der Waals surface area contributed by atoms with Crippen LogP contribution in [0.25, 0.3) is 0 Å². The minimum atomic E-state index is -0.223. The van der Waals surface area contributed by atoms with Crippen molar-refractivity contribution < 1.29 is 14.7 Å². The van der Waals surface area contributed by atoms with Gasteiger partial charge in [-0.2, -0.15) is 0 Å². The predicted octanol–water partition coefficient (Wildman–Crippen LogP) is 2.97. The zero-order valence-electron chi connectivity index (χ0n) is 14.2. The van der Waals surface area contributed by atoms with Gasteiger partial charge >= 0.3 is 0 Å². The maximum Gasteiger partial charge on any atom is 0.128 e. The van der Waals surface area contributed by atoms with E-state index < -0.39 is 0 Å². The molecule has 1 fully saturated rings. The predicted molar refractivity (Wildman–Crippen MR) is 96.1 cm³/mol. The molecule has 0 radical (unpaired) electrons. The Hall–Kier alpha value is -2.60. The van der Waals surface area contributed by atoms with Gasteiger partial charge in [0.15, 0.2) is 0 Å². The minimum absolute atomic E-state index is 0.157. The Morgan fingerprint density at radius 1 is 1.12 bits per heavy atom. The third-order valence-corrected chi connectivity index (χ3v) is 4.52. The number of rotatable bonds is 4. The first kappa shape index (κ1) is 17.2. The summed E-state index contributed by atoms with van der Waals surface area (Å²) >= 11 is 0. The molecule has 0 bridgehead atoms. The van der Waals surface area contributed by atoms with Crippen LogP contribution < -0.4 is 4.90 Å². The van der Waals surface area contributed by atoms with Crippen molar-refractivity contribution in [2.24, 2.45) is 5.16 Å². The van der Waals surface area contributed by atoms with Crippen LogP contribution in [-0.4, -0.2) is 47.6 Å². The topological polar surface area (TPSA) is 59.3 Å². The van der Waals surface area contributed by atoms with E-state index in [4.69, 9.17) is 5.21 Å². The summed E-state index contributed by atoms with van der Waals surface area (Å²) in [7, 11) is 0. The molecule has 1 aliphatic rings. The molecule has 0 saturated carbocycles. The fourth-order valence-corrected chi connectivity index (χ4v) is 3.22. The molecule has 2 aromatic carbocycles. The number of nitrogens with zero attached hydrogens (tertiary/aromatic N) is 3. The Morgan fingerprint density at radius 2 is 1.80 bits per heavy atom. The largest absolute Gasteiger partial charge is 0.507 e. The molecule has 6 heteroatoms. The first-order chi connectivity index (χ1) is 12.1. The zero-order chi connectivity index (χ0) is 17.8. The number of piperazine rings is 1. The summed E-state index contributed by atoms with van der Waals surface area (Å²) in [6, 6.07) is 10.3. The van der Waals surface area contributed by atoms with Gasteiger partial charge in [-0.3, -0.25) is 4.90 Å². The van der Waals surface area contributed by atoms with Gasteiger partial charge in [0.1, 0.15) is 11.6 Å². The Kier molecular flexibility index (Phi) is 5.19. The van der Waals surface area contributed by atoms with E-state index >= 15 is 0 Å². The van der Waals surface area contributed by atoms with E-state index in [1.807, 2.05) is 13.0 Å². The number of aryl methyl sites for hydroxylation is 1. The summed E-state index contributed by atoms with van der Waals surface area (Å²) in [6.45, 7) is 6.00. The lowest BCUT2D eigenvalue weighted by atomic mass is 10.0. The van der Waals surface area contributed by atoms with E-state index in [9.17, 15) is 9.50 Å². The van der Waals surface area contributed by atoms with Gasteiger partial charge in [-0.25, -0.2) is 4.39 Å². The van der Waals surface area contributed by atoms with Crippen LogP contribution in [0.1, 0.15) is 16.7 Å². The Morgan fingerprint density at radius 3 is 2.44 bits per heavy atom. The summed E-state index contributed by atoms with van der Waals surface area (Å²) in [5.41, 5.74) is 3.38. The number of anilines is 1. The van der Waals surface area contributed by atoms with Gasteiger partial charge in [0.25, 0.3) is 0 Å². The van der Waals surface area contributed by atoms with E-state index in [0.29, 0.717) is 12.1 Å². The maximum absolute atomic E-state index is 13.0. The lowest BCUT2D eigenvalue weighted by Crippen LogP contribution is -2.46. The number of hydrogen-bond acceptors (Lipinski definition) is 5. The van der Waals surface area contributed by atoms with Gasteiger partial charge < -0.3 is 15.2 Å². The van der Waals surface area contributed by atoms with Crippen molar-refractivity contribution >= 4 is 11.9 Å². The van der Waals surface area contributed by atoms with Crippen molar-refractivity contribution in [2.45, 2.75) is 13.5 Å². The van der Waals surface area contributed by atoms with Crippen molar-refractivity contribution in [3.05, 3.63) is 58.9 Å². The molecule has 2 aromatic rings. The Bertz CT molecular complexity index is 754. The maximum atomic E-state index is 13.0. The summed E-state index contributed by atoms with van der Waals surface area (Å²) in [5.74, 6) is -0.0658. The third kappa shape index (κ3) is 4.09. The van der Waals surface area contributed by atoms with Crippen LogP contribution in [0.15, 0.2) is 41.6 Å². The van der Waals surface area contributed by atoms with Gasteiger partial charge in [-0.15, -0.1) is 0 Å². The molecule has 0 aliphatic carbocycles. The van der Waals surface area contributed by atoms with E-state index in [2.05, 4.69) is 15.0 Å². The lowest BCUT2D eigenvalue weighted by Gasteiger charge is -2.36. The van der Waals surface area contributed by atoms with Crippen molar-refractivity contribution in [1.29, 1.82) is 0 Å². The molecule has 0 amide bonds. The number of phenols is 1. The standard InChI is InChI=1S/C19H22FN3O2/c1-14-10-15(12-21-25)19(24)16(11-14)13-22-6-8-23(9-7-22)18-4-2-17(20)3-5-18/h2-5,10-12,24-25H,6-9,13H2,1H3/b21-12+. The van der Waals surface area contributed by atoms with Gasteiger partial charge in [0.2, 0.25) is 0 Å². The fourth-order valence-electron chi connectivity index (χ4n) is 3.22. The zero-order valence-corrected chi connectivity index (χ0v) is 14.2. The number of hydrogen-bond donors (Lipinski definition) is 2. The van der Waals surface area contributed by atoms with Crippen LogP contribution >= 0.6 is 0 Å². The van der Waals surface area contributed by atoms with Crippen molar-refractivity contribution in [3.63, 3.8) is 0 Å². The molecule has 1 saturated heterocycles. The van der Waals surface area contributed by atoms with Gasteiger partial charge in [-0.05, 0) is 42.8 Å². The average molecular weight is 343 g/mol. The lowest BCUT2D eigenvalue weighted by molar-refractivity contribution is 0.246. The number of phenolic OH excluding ortho intramolecular Hbond substituents is 1. The normalized spacial score (nSPS) is 15.8. The van der Waals surface area contributed by atoms with Crippen LogP contribution in [-0.2, 0) is 6.54 Å². The van der Waals surface area contributed by atoms with Crippen molar-refractivity contribution in [3.8, 4) is 5.75 Å². The van der Waals surface area contributed by atoms with Crippen LogP contribution in [0, 0.1) is 12.7 Å². The van der Waals surface area contributed by atoms with Crippen LogP contribution in [0.2, 0.25) is 0 Å². The SMILES string of the molecule is Cc1cc(/C=N/O)c(O)c(CN2CCN(c3ccc(F)cc3)CC2)c1. The number of oxime groups is 1. The second-order valence-corrected chi connectivity index (χ2v) is 6.35. The molecule has 132 valence electrons. The minimum Gasteiger partial charge on any atom is -0.507 e. The second-order valence-electron chi connectivity index (χ2n) is 6.35. The summed E-state index contributed by atoms with van der Waals surface area (Å²) < 4.78 is 13.0. The van der Waals surface area contributed by atoms with Gasteiger partial charge in [0.05, 0.1) is 6.21 Å². The first-order valence-corrected chi connectivity index (χ1v) is 8.29. The smallest absolute Gasteiger partial charge is 0.128 e. The molecular weight excluding hydrogens is 321 g/mol. The molecule has 0 unspecified atom stereocenters. The van der Waals surface area contributed by atoms with Gasteiger partial charge in [-0.1, -0.05) is 11.2 Å². The van der Waals surface area contributed by atoms with E-state index in [1.165, 1.54) is 18.3 Å². The monoisotopic (exact) mass is 343 g/mol. The van der Waals surface area contributed by atoms with E-state index in [-0.39, 0.29) is 11.6 Å². The molecule has 1 aliphatic heterocycles. The first-order valence-electron chi connectivity index (χ1n) is 8.29. The summed E-state index contributed by atoms with van der Waals surface area (Å²) in [5, 5.41) is 22.1. The number of benzene rings is 2. The second kappa shape index (κ2) is 7.53. The summed E-state index contributed by atoms with van der Waals surface area (Å²) in [4.78, 5) is 4.50. The molecule has 1 heterocycles. The van der Waals surface area contributed by atoms with Gasteiger partial charge in [0, 0.05) is 49.5 Å². The summed E-state index contributed by atoms with van der Waals surface area (Å²) in [6.07, 6.45) is 1.25. The quantitative estimate of drug-likeness (QED) is 0.509. The number of aromatic hydroxyl groups is 1. The van der Waals surface area contributed by atoms with Crippen LogP contribution in [0.4, 0.5) is 10.1 Å². The van der Waals surface area contributed by atoms with E-state index in [0.717, 1.165) is 43.0 Å². The average Bonchev–Trinajstić information content (AvgIpc) is 2.61. The Labute approximate surface area is 146 Å². The highest BCUT2D eigenvalue weighted by molar-refractivity contribution is 5.84. The van der Waals surface area contributed by atoms with Crippen LogP contribution in [0.3, 0.4) is 0 Å². The molecule has 3 rings (SSSR count). The highest BCUT2D eigenvalue weighted by Gasteiger charge is 2.19. The molecular formula is C19H22FN3O2. The highest BCUT2D eigenvalue weighted by atomic mass is 19.1. The molecule has 25 heavy (non-hydrogen) atoms. The third-order valence-electron chi connectivity index (χ3n) is 4.52. The number of halogens is 1. The van der Waals surface area contributed by atoms with Crippen LogP contribution in [0.5, 0.6) is 5.75 Å². The molecule has 0 aromatic heterocycles. The van der Waals surface area contributed by atoms with E-state index in [1.54, 1.807) is 18.2 Å². The van der Waals surface area contributed by atoms with Crippen molar-refractivity contribution in [2.75, 3.05) is 31.1 Å².